The molecular formula is C16H21N3O6S. The van der Waals surface area contributed by atoms with Crippen molar-refractivity contribution in [3.05, 3.63) is 35.9 Å². The molecule has 0 aliphatic carbocycles. The minimum Gasteiger partial charge on any atom is -0.481 e. The second-order valence-corrected chi connectivity index (χ2v) is 5.90. The Morgan fingerprint density at radius 3 is 2.08 bits per heavy atom. The van der Waals surface area contributed by atoms with E-state index in [-0.39, 0.29) is 12.2 Å². The third kappa shape index (κ3) is 7.11. The standard InChI is InChI=1S/C16H21N3O6S/c17-10(8-26)14(22)18-11(7-13(20)21)15(23)19-12(16(24)25)6-9-4-2-1-3-5-9/h1-5,10-12,26H,6-8,17H2,(H,18,22)(H,19,23)(H,20,21)(H,24,25). The van der Waals surface area contributed by atoms with Crippen LogP contribution in [-0.2, 0) is 25.6 Å². The first-order valence-corrected chi connectivity index (χ1v) is 8.33. The molecule has 0 heterocycles. The lowest BCUT2D eigenvalue weighted by Gasteiger charge is -2.21. The third-order valence-corrected chi connectivity index (χ3v) is 3.84. The van der Waals surface area contributed by atoms with Gasteiger partial charge >= 0.3 is 11.9 Å². The molecule has 0 radical (unpaired) electrons. The van der Waals surface area contributed by atoms with E-state index in [1.165, 1.54) is 0 Å². The van der Waals surface area contributed by atoms with E-state index in [2.05, 4.69) is 23.3 Å². The molecule has 0 spiro atoms. The van der Waals surface area contributed by atoms with E-state index < -0.39 is 48.3 Å². The lowest BCUT2D eigenvalue weighted by molar-refractivity contribution is -0.143. The number of carboxylic acid groups (broad SMARTS) is 2. The van der Waals surface area contributed by atoms with Crippen molar-refractivity contribution < 1.29 is 29.4 Å². The van der Waals surface area contributed by atoms with Gasteiger partial charge in [-0.2, -0.15) is 12.6 Å². The molecule has 0 aliphatic heterocycles. The molecule has 0 saturated heterocycles. The summed E-state index contributed by atoms with van der Waals surface area (Å²) < 4.78 is 0. The van der Waals surface area contributed by atoms with Gasteiger partial charge in [-0.3, -0.25) is 14.4 Å². The summed E-state index contributed by atoms with van der Waals surface area (Å²) >= 11 is 3.86. The summed E-state index contributed by atoms with van der Waals surface area (Å²) in [6, 6.07) is 4.85. The van der Waals surface area contributed by atoms with E-state index in [1.807, 2.05) is 0 Å². The van der Waals surface area contributed by atoms with Crippen molar-refractivity contribution in [3.63, 3.8) is 0 Å². The summed E-state index contributed by atoms with van der Waals surface area (Å²) in [5, 5.41) is 22.7. The number of hydrogen-bond acceptors (Lipinski definition) is 6. The van der Waals surface area contributed by atoms with E-state index in [0.29, 0.717) is 5.56 Å². The smallest absolute Gasteiger partial charge is 0.326 e. The number of nitrogens with two attached hydrogens (primary N) is 1. The van der Waals surface area contributed by atoms with Crippen LogP contribution < -0.4 is 16.4 Å². The van der Waals surface area contributed by atoms with Crippen molar-refractivity contribution in [2.24, 2.45) is 5.73 Å². The van der Waals surface area contributed by atoms with E-state index >= 15 is 0 Å². The predicted octanol–water partition coefficient (Wildman–Crippen LogP) is -0.985. The maximum atomic E-state index is 12.3. The average Bonchev–Trinajstić information content (AvgIpc) is 2.60. The monoisotopic (exact) mass is 383 g/mol. The van der Waals surface area contributed by atoms with Gasteiger partial charge in [0, 0.05) is 12.2 Å². The Morgan fingerprint density at radius 2 is 1.58 bits per heavy atom. The Kier molecular flexibility index (Phi) is 8.59. The fourth-order valence-corrected chi connectivity index (χ4v) is 2.23. The maximum absolute atomic E-state index is 12.3. The van der Waals surface area contributed by atoms with E-state index in [1.54, 1.807) is 30.3 Å². The van der Waals surface area contributed by atoms with Gasteiger partial charge in [-0.15, -0.1) is 0 Å². The Labute approximate surface area is 155 Å². The molecule has 1 rings (SSSR count). The molecule has 142 valence electrons. The Bertz CT molecular complexity index is 655. The molecule has 3 atom stereocenters. The molecule has 0 aliphatic rings. The number of nitrogens with one attached hydrogen (secondary N) is 2. The molecular weight excluding hydrogens is 362 g/mol. The van der Waals surface area contributed by atoms with Crippen molar-refractivity contribution in [1.82, 2.24) is 10.6 Å². The lowest BCUT2D eigenvalue weighted by atomic mass is 10.0. The molecule has 0 aromatic heterocycles. The molecule has 0 fully saturated rings. The molecule has 1 aromatic carbocycles. The highest BCUT2D eigenvalue weighted by molar-refractivity contribution is 7.80. The number of rotatable bonds is 10. The zero-order valence-electron chi connectivity index (χ0n) is 13.8. The molecule has 26 heavy (non-hydrogen) atoms. The van der Waals surface area contributed by atoms with Crippen molar-refractivity contribution in [3.8, 4) is 0 Å². The van der Waals surface area contributed by atoms with Crippen LogP contribution in [0.2, 0.25) is 0 Å². The Hall–Kier alpha value is -2.59. The number of thiol groups is 1. The fourth-order valence-electron chi connectivity index (χ4n) is 2.07. The number of aliphatic carboxylic acids is 2. The summed E-state index contributed by atoms with van der Waals surface area (Å²) in [5.74, 6) is -4.29. The summed E-state index contributed by atoms with van der Waals surface area (Å²) in [6.07, 6.45) is -0.708. The van der Waals surface area contributed by atoms with Gasteiger partial charge in [-0.05, 0) is 5.56 Å². The lowest BCUT2D eigenvalue weighted by Crippen LogP contribution is -2.55. The fraction of sp³-hybridized carbons (Fsp3) is 0.375. The van der Waals surface area contributed by atoms with Crippen LogP contribution in [0.25, 0.3) is 0 Å². The van der Waals surface area contributed by atoms with Crippen molar-refractivity contribution >= 4 is 36.4 Å². The van der Waals surface area contributed by atoms with Gasteiger partial charge < -0.3 is 26.6 Å². The van der Waals surface area contributed by atoms with E-state index in [9.17, 15) is 24.3 Å². The Morgan fingerprint density at radius 1 is 1.00 bits per heavy atom. The first-order chi connectivity index (χ1) is 12.2. The van der Waals surface area contributed by atoms with E-state index in [0.717, 1.165) is 0 Å². The molecule has 0 saturated carbocycles. The minimum absolute atomic E-state index is 0.000990. The number of carbonyl (C=O) groups excluding carboxylic acids is 2. The number of benzene rings is 1. The van der Waals surface area contributed by atoms with Crippen LogP contribution in [0.5, 0.6) is 0 Å². The largest absolute Gasteiger partial charge is 0.481 e. The van der Waals surface area contributed by atoms with Gasteiger partial charge in [0.2, 0.25) is 11.8 Å². The molecule has 6 N–H and O–H groups in total. The SMILES string of the molecule is NC(CS)C(=O)NC(CC(=O)O)C(=O)NC(Cc1ccccc1)C(=O)O. The molecule has 10 heteroatoms. The van der Waals surface area contributed by atoms with Gasteiger partial charge in [0.1, 0.15) is 12.1 Å². The van der Waals surface area contributed by atoms with Crippen LogP contribution >= 0.6 is 12.6 Å². The van der Waals surface area contributed by atoms with Gasteiger partial charge in [-0.1, -0.05) is 30.3 Å². The highest BCUT2D eigenvalue weighted by Crippen LogP contribution is 2.05. The van der Waals surface area contributed by atoms with E-state index in [4.69, 9.17) is 10.8 Å². The number of hydrogen-bond donors (Lipinski definition) is 6. The normalized spacial score (nSPS) is 13.9. The highest BCUT2D eigenvalue weighted by Gasteiger charge is 2.29. The number of carbonyl (C=O) groups is 4. The maximum Gasteiger partial charge on any atom is 0.326 e. The summed E-state index contributed by atoms with van der Waals surface area (Å²) in [6.45, 7) is 0. The van der Waals surface area contributed by atoms with Crippen molar-refractivity contribution in [2.75, 3.05) is 5.75 Å². The van der Waals surface area contributed by atoms with Crippen LogP contribution in [0, 0.1) is 0 Å². The van der Waals surface area contributed by atoms with Gasteiger partial charge in [0.25, 0.3) is 0 Å². The van der Waals surface area contributed by atoms with Crippen LogP contribution in [-0.4, -0.2) is 57.8 Å². The van der Waals surface area contributed by atoms with Gasteiger partial charge in [-0.25, -0.2) is 4.79 Å². The quantitative estimate of drug-likeness (QED) is 0.283. The van der Waals surface area contributed by atoms with Gasteiger partial charge in [0.15, 0.2) is 0 Å². The predicted molar refractivity (Wildman–Crippen MR) is 95.7 cm³/mol. The van der Waals surface area contributed by atoms with Crippen LogP contribution in [0.3, 0.4) is 0 Å². The summed E-state index contributed by atoms with van der Waals surface area (Å²) in [5.41, 5.74) is 6.16. The highest BCUT2D eigenvalue weighted by atomic mass is 32.1. The number of amides is 2. The zero-order valence-corrected chi connectivity index (χ0v) is 14.7. The first-order valence-electron chi connectivity index (χ1n) is 7.70. The third-order valence-electron chi connectivity index (χ3n) is 3.44. The van der Waals surface area contributed by atoms with Crippen LogP contribution in [0.15, 0.2) is 30.3 Å². The average molecular weight is 383 g/mol. The second kappa shape index (κ2) is 10.4. The second-order valence-electron chi connectivity index (χ2n) is 5.54. The molecule has 1 aromatic rings. The minimum atomic E-state index is -1.46. The zero-order chi connectivity index (χ0) is 19.7. The first kappa shape index (κ1) is 21.5. The summed E-state index contributed by atoms with van der Waals surface area (Å²) in [7, 11) is 0. The summed E-state index contributed by atoms with van der Waals surface area (Å²) in [4.78, 5) is 46.5. The topological polar surface area (TPSA) is 159 Å². The molecule has 3 unspecified atom stereocenters. The Balaban J connectivity index is 2.85. The van der Waals surface area contributed by atoms with Crippen LogP contribution in [0.1, 0.15) is 12.0 Å². The van der Waals surface area contributed by atoms with Crippen LogP contribution in [0.4, 0.5) is 0 Å². The molecule has 2 amide bonds. The molecule has 9 nitrogen and oxygen atoms in total. The molecule has 0 bridgehead atoms. The van der Waals surface area contributed by atoms with Gasteiger partial charge in [0.05, 0.1) is 12.5 Å². The number of carboxylic acids is 2. The van der Waals surface area contributed by atoms with Crippen molar-refractivity contribution in [1.29, 1.82) is 0 Å². The van der Waals surface area contributed by atoms with Crippen molar-refractivity contribution in [2.45, 2.75) is 31.0 Å².